The van der Waals surface area contributed by atoms with E-state index in [1.807, 2.05) is 24.3 Å². The summed E-state index contributed by atoms with van der Waals surface area (Å²) >= 11 is 0. The fraction of sp³-hybridized carbons (Fsp3) is 0.130. The van der Waals surface area contributed by atoms with Crippen LogP contribution in [0.1, 0.15) is 5.76 Å². The number of hydrogen-bond acceptors (Lipinski definition) is 5. The van der Waals surface area contributed by atoms with Crippen LogP contribution in [0.4, 0.5) is 5.69 Å². The highest BCUT2D eigenvalue weighted by molar-refractivity contribution is 5.94. The summed E-state index contributed by atoms with van der Waals surface area (Å²) in [5.74, 6) is -0.205. The molecule has 0 bridgehead atoms. The SMILES string of the molecule is O=C(CN(Cc1ccco1)C(=O)Cn1c(=O)cnc2ccccc21)Nc1ccccc1. The molecule has 0 radical (unpaired) electrons. The number of rotatable bonds is 7. The predicted molar refractivity (Wildman–Crippen MR) is 115 cm³/mol. The van der Waals surface area contributed by atoms with Crippen molar-refractivity contribution < 1.29 is 14.0 Å². The van der Waals surface area contributed by atoms with Gasteiger partial charge in [-0.3, -0.25) is 19.0 Å². The van der Waals surface area contributed by atoms with Gasteiger partial charge < -0.3 is 14.6 Å². The first kappa shape index (κ1) is 20.1. The average Bonchev–Trinajstić information content (AvgIpc) is 3.29. The maximum atomic E-state index is 13.1. The number of carbonyl (C=O) groups is 2. The van der Waals surface area contributed by atoms with Crippen molar-refractivity contribution in [2.45, 2.75) is 13.1 Å². The second kappa shape index (κ2) is 9.08. The number of hydrogen-bond donors (Lipinski definition) is 1. The molecule has 156 valence electrons. The van der Waals surface area contributed by atoms with Gasteiger partial charge in [-0.05, 0) is 36.4 Å². The Bertz CT molecular complexity index is 1250. The molecular weight excluding hydrogens is 396 g/mol. The molecule has 0 aliphatic heterocycles. The van der Waals surface area contributed by atoms with E-state index in [1.54, 1.807) is 42.5 Å². The highest BCUT2D eigenvalue weighted by atomic mass is 16.3. The molecule has 0 saturated carbocycles. The monoisotopic (exact) mass is 416 g/mol. The molecule has 0 aliphatic carbocycles. The van der Waals surface area contributed by atoms with E-state index in [0.717, 1.165) is 0 Å². The van der Waals surface area contributed by atoms with Crippen LogP contribution in [0.5, 0.6) is 0 Å². The van der Waals surface area contributed by atoms with E-state index < -0.39 is 11.5 Å². The Morgan fingerprint density at radius 2 is 1.77 bits per heavy atom. The molecule has 0 unspecified atom stereocenters. The molecule has 0 spiro atoms. The Morgan fingerprint density at radius 1 is 1.00 bits per heavy atom. The van der Waals surface area contributed by atoms with Crippen LogP contribution >= 0.6 is 0 Å². The first-order valence-electron chi connectivity index (χ1n) is 9.70. The Morgan fingerprint density at radius 3 is 2.55 bits per heavy atom. The minimum absolute atomic E-state index is 0.103. The summed E-state index contributed by atoms with van der Waals surface area (Å²) in [4.78, 5) is 43.6. The Labute approximate surface area is 177 Å². The first-order chi connectivity index (χ1) is 15.1. The van der Waals surface area contributed by atoms with E-state index in [0.29, 0.717) is 22.5 Å². The lowest BCUT2D eigenvalue weighted by molar-refractivity contribution is -0.136. The molecule has 4 rings (SSSR count). The van der Waals surface area contributed by atoms with Crippen LogP contribution < -0.4 is 10.9 Å². The molecule has 31 heavy (non-hydrogen) atoms. The Hall–Kier alpha value is -4.20. The van der Waals surface area contributed by atoms with Crippen molar-refractivity contribution in [3.8, 4) is 0 Å². The number of para-hydroxylation sites is 3. The van der Waals surface area contributed by atoms with Crippen molar-refractivity contribution in [1.82, 2.24) is 14.5 Å². The number of fused-ring (bicyclic) bond motifs is 1. The van der Waals surface area contributed by atoms with Gasteiger partial charge >= 0.3 is 0 Å². The molecule has 2 amide bonds. The maximum absolute atomic E-state index is 13.1. The number of anilines is 1. The number of furan rings is 1. The van der Waals surface area contributed by atoms with Crippen molar-refractivity contribution in [2.24, 2.45) is 0 Å². The summed E-state index contributed by atoms with van der Waals surface area (Å²) in [6, 6.07) is 19.5. The third-order valence-electron chi connectivity index (χ3n) is 4.72. The van der Waals surface area contributed by atoms with Gasteiger partial charge in [0.25, 0.3) is 5.56 Å². The molecule has 2 aromatic heterocycles. The minimum atomic E-state index is -0.391. The third-order valence-corrected chi connectivity index (χ3v) is 4.72. The van der Waals surface area contributed by atoms with Crippen molar-refractivity contribution in [1.29, 1.82) is 0 Å². The summed E-state index contributed by atoms with van der Waals surface area (Å²) in [7, 11) is 0. The van der Waals surface area contributed by atoms with Gasteiger partial charge in [0.2, 0.25) is 11.8 Å². The van der Waals surface area contributed by atoms with Crippen LogP contribution in [-0.2, 0) is 22.7 Å². The standard InChI is InChI=1S/C23H20N4O4/c28-21(25-17-7-2-1-3-8-17)15-26(14-18-9-6-12-31-18)23(30)16-27-20-11-5-4-10-19(20)24-13-22(27)29/h1-13H,14-16H2,(H,25,28). The smallest absolute Gasteiger partial charge is 0.269 e. The molecular formula is C23H20N4O4. The van der Waals surface area contributed by atoms with E-state index >= 15 is 0 Å². The minimum Gasteiger partial charge on any atom is -0.467 e. The number of carbonyl (C=O) groups excluding carboxylic acids is 2. The zero-order valence-corrected chi connectivity index (χ0v) is 16.6. The van der Waals surface area contributed by atoms with Crippen molar-refractivity contribution in [3.63, 3.8) is 0 Å². The van der Waals surface area contributed by atoms with Crippen molar-refractivity contribution >= 4 is 28.5 Å². The number of aromatic nitrogens is 2. The topological polar surface area (TPSA) is 97.4 Å². The second-order valence-corrected chi connectivity index (χ2v) is 6.91. The second-order valence-electron chi connectivity index (χ2n) is 6.91. The maximum Gasteiger partial charge on any atom is 0.269 e. The normalized spacial score (nSPS) is 10.7. The average molecular weight is 416 g/mol. The number of benzene rings is 2. The fourth-order valence-electron chi connectivity index (χ4n) is 3.23. The molecule has 0 aliphatic rings. The van der Waals surface area contributed by atoms with E-state index in [9.17, 15) is 14.4 Å². The van der Waals surface area contributed by atoms with Gasteiger partial charge in [0.15, 0.2) is 0 Å². The van der Waals surface area contributed by atoms with E-state index in [1.165, 1.54) is 21.9 Å². The zero-order valence-electron chi connectivity index (χ0n) is 16.6. The van der Waals surface area contributed by atoms with Gasteiger partial charge in [-0.25, -0.2) is 4.98 Å². The zero-order chi connectivity index (χ0) is 21.6. The Balaban J connectivity index is 1.56. The van der Waals surface area contributed by atoms with Crippen LogP contribution in [0.25, 0.3) is 11.0 Å². The Kier molecular flexibility index (Phi) is 5.89. The summed E-state index contributed by atoms with van der Waals surface area (Å²) in [5, 5.41) is 2.77. The number of nitrogens with one attached hydrogen (secondary N) is 1. The molecule has 2 heterocycles. The van der Waals surface area contributed by atoms with Gasteiger partial charge in [0.1, 0.15) is 18.8 Å². The predicted octanol–water partition coefficient (Wildman–Crippen LogP) is 2.66. The summed E-state index contributed by atoms with van der Waals surface area (Å²) < 4.78 is 6.71. The number of amides is 2. The van der Waals surface area contributed by atoms with Gasteiger partial charge in [0, 0.05) is 5.69 Å². The lowest BCUT2D eigenvalue weighted by Gasteiger charge is -2.22. The third kappa shape index (κ3) is 4.87. The molecule has 8 nitrogen and oxygen atoms in total. The lowest BCUT2D eigenvalue weighted by atomic mass is 10.3. The van der Waals surface area contributed by atoms with Crippen LogP contribution in [0.3, 0.4) is 0 Å². The highest BCUT2D eigenvalue weighted by Crippen LogP contribution is 2.11. The van der Waals surface area contributed by atoms with Crippen LogP contribution in [-0.4, -0.2) is 32.8 Å². The molecule has 0 saturated heterocycles. The molecule has 1 N–H and O–H groups in total. The van der Waals surface area contributed by atoms with Gasteiger partial charge in [-0.15, -0.1) is 0 Å². The van der Waals surface area contributed by atoms with Crippen LogP contribution in [0.2, 0.25) is 0 Å². The molecule has 8 heteroatoms. The van der Waals surface area contributed by atoms with Gasteiger partial charge in [0.05, 0.1) is 30.0 Å². The first-order valence-corrected chi connectivity index (χ1v) is 9.70. The summed E-state index contributed by atoms with van der Waals surface area (Å²) in [6.45, 7) is -0.306. The lowest BCUT2D eigenvalue weighted by Crippen LogP contribution is -2.40. The molecule has 0 fully saturated rings. The van der Waals surface area contributed by atoms with Crippen molar-refractivity contribution in [3.05, 3.63) is 95.3 Å². The van der Waals surface area contributed by atoms with Gasteiger partial charge in [-0.2, -0.15) is 0 Å². The van der Waals surface area contributed by atoms with Crippen LogP contribution in [0, 0.1) is 0 Å². The fourth-order valence-corrected chi connectivity index (χ4v) is 3.23. The van der Waals surface area contributed by atoms with Crippen LogP contribution in [0.15, 0.2) is 88.4 Å². The van der Waals surface area contributed by atoms with Gasteiger partial charge in [-0.1, -0.05) is 30.3 Å². The number of nitrogens with zero attached hydrogens (tertiary/aromatic N) is 3. The molecule has 4 aromatic rings. The summed E-state index contributed by atoms with van der Waals surface area (Å²) in [5.41, 5.74) is 1.40. The van der Waals surface area contributed by atoms with E-state index in [4.69, 9.17) is 4.42 Å². The van der Waals surface area contributed by atoms with E-state index in [2.05, 4.69) is 10.3 Å². The van der Waals surface area contributed by atoms with E-state index in [-0.39, 0.29) is 25.5 Å². The quantitative estimate of drug-likeness (QED) is 0.500. The highest BCUT2D eigenvalue weighted by Gasteiger charge is 2.20. The largest absolute Gasteiger partial charge is 0.467 e. The summed E-state index contributed by atoms with van der Waals surface area (Å²) in [6.07, 6.45) is 2.69. The molecule has 0 atom stereocenters. The van der Waals surface area contributed by atoms with Crippen molar-refractivity contribution in [2.75, 3.05) is 11.9 Å². The molecule has 2 aromatic carbocycles.